The molecule has 0 heterocycles. The highest BCUT2D eigenvalue weighted by atomic mass is 16.3. The third-order valence-corrected chi connectivity index (χ3v) is 13.3. The molecule has 0 aliphatic heterocycles. The Labute approximate surface area is 401 Å². The SMILES string of the molecule is Cc1ccc(N(c2ccc(-c3cc(C(C)(C)O)c(-c4cccc5ccccc45)cc3C(C)(C)O)cc2)c2ccc(-c3cc(C(C)(C)O)c(-c4cccc5ccccc45)cc3C(C)(C)O)cc2)cc1. The molecule has 0 saturated heterocycles. The molecule has 0 bridgehead atoms. The Kier molecular flexibility index (Phi) is 11.8. The summed E-state index contributed by atoms with van der Waals surface area (Å²) in [6, 6.07) is 62.4. The van der Waals surface area contributed by atoms with Crippen molar-refractivity contribution in [2.24, 2.45) is 0 Å². The van der Waals surface area contributed by atoms with Crippen LogP contribution in [0.15, 0.2) is 182 Å². The fourth-order valence-electron chi connectivity index (χ4n) is 9.79. The monoisotopic (exact) mass is 895 g/mol. The minimum absolute atomic E-state index is 0.760. The van der Waals surface area contributed by atoms with Crippen molar-refractivity contribution >= 4 is 38.6 Å². The molecule has 342 valence electrons. The van der Waals surface area contributed by atoms with E-state index in [0.717, 1.165) is 111 Å². The van der Waals surface area contributed by atoms with Gasteiger partial charge in [0.2, 0.25) is 0 Å². The maximum atomic E-state index is 11.8. The minimum Gasteiger partial charge on any atom is -0.386 e. The van der Waals surface area contributed by atoms with Crippen LogP contribution in [-0.2, 0) is 22.4 Å². The summed E-state index contributed by atoms with van der Waals surface area (Å²) in [6.45, 7) is 16.6. The Morgan fingerprint density at radius 1 is 0.309 bits per heavy atom. The number of hydrogen-bond acceptors (Lipinski definition) is 5. The molecule has 9 rings (SSSR count). The highest BCUT2D eigenvalue weighted by molar-refractivity contribution is 5.99. The van der Waals surface area contributed by atoms with Crippen molar-refractivity contribution in [2.75, 3.05) is 4.90 Å². The number of benzene rings is 9. The van der Waals surface area contributed by atoms with Crippen LogP contribution in [0.25, 0.3) is 66.1 Å². The van der Waals surface area contributed by atoms with E-state index in [1.54, 1.807) is 0 Å². The van der Waals surface area contributed by atoms with Crippen LogP contribution in [0, 0.1) is 6.92 Å². The molecule has 0 aliphatic rings. The normalized spacial score (nSPS) is 12.5. The number of fused-ring (bicyclic) bond motifs is 2. The molecular formula is C63H61NO4. The van der Waals surface area contributed by atoms with Crippen LogP contribution < -0.4 is 4.90 Å². The summed E-state index contributed by atoms with van der Waals surface area (Å²) in [5.41, 5.74) is 9.58. The largest absolute Gasteiger partial charge is 0.386 e. The molecule has 0 unspecified atom stereocenters. The fourth-order valence-corrected chi connectivity index (χ4v) is 9.79. The van der Waals surface area contributed by atoms with Gasteiger partial charge in [-0.3, -0.25) is 0 Å². The molecule has 5 heteroatoms. The third kappa shape index (κ3) is 8.99. The van der Waals surface area contributed by atoms with Gasteiger partial charge in [0, 0.05) is 17.1 Å². The van der Waals surface area contributed by atoms with E-state index in [4.69, 9.17) is 0 Å². The van der Waals surface area contributed by atoms with Crippen LogP contribution in [0.4, 0.5) is 17.1 Å². The first-order valence-electron chi connectivity index (χ1n) is 23.5. The number of aryl methyl sites for hydroxylation is 1. The molecule has 0 aromatic heterocycles. The van der Waals surface area contributed by atoms with Crippen LogP contribution in [0.3, 0.4) is 0 Å². The molecule has 4 N–H and O–H groups in total. The summed E-state index contributed by atoms with van der Waals surface area (Å²) in [4.78, 5) is 2.22. The summed E-state index contributed by atoms with van der Waals surface area (Å²) in [5, 5.41) is 51.5. The van der Waals surface area contributed by atoms with Gasteiger partial charge in [-0.25, -0.2) is 0 Å². The summed E-state index contributed by atoms with van der Waals surface area (Å²) in [6.07, 6.45) is 0. The first kappa shape index (κ1) is 46.3. The lowest BCUT2D eigenvalue weighted by atomic mass is 9.80. The lowest BCUT2D eigenvalue weighted by Gasteiger charge is -2.30. The van der Waals surface area contributed by atoms with E-state index in [-0.39, 0.29) is 0 Å². The molecule has 0 amide bonds. The van der Waals surface area contributed by atoms with E-state index in [1.165, 1.54) is 0 Å². The van der Waals surface area contributed by atoms with Crippen LogP contribution >= 0.6 is 0 Å². The standard InChI is InChI=1S/C63H61NO4/c1-40-24-30-45(31-25-40)64(46-32-26-43(27-33-46)52-36-58(62(6,7)67)54(38-56(52)60(2,3)65)50-22-14-18-41-16-10-12-20-48(41)50)47-34-28-44(29-35-47)53-37-59(63(8,9)68)55(39-57(53)61(4,5)66)51-23-15-19-42-17-11-13-21-49(42)51/h10-39,65-68H,1-9H3. The van der Waals surface area contributed by atoms with Crippen molar-refractivity contribution < 1.29 is 20.4 Å². The number of hydrogen-bond donors (Lipinski definition) is 4. The maximum absolute atomic E-state index is 11.8. The topological polar surface area (TPSA) is 84.2 Å². The lowest BCUT2D eigenvalue weighted by Crippen LogP contribution is -2.21. The molecule has 0 aliphatic carbocycles. The van der Waals surface area contributed by atoms with E-state index in [2.05, 4.69) is 157 Å². The Morgan fingerprint density at radius 2 is 0.603 bits per heavy atom. The van der Waals surface area contributed by atoms with Crippen molar-refractivity contribution in [3.8, 4) is 44.5 Å². The molecule has 9 aromatic carbocycles. The quantitative estimate of drug-likeness (QED) is 0.104. The average Bonchev–Trinajstić information content (AvgIpc) is 3.30. The van der Waals surface area contributed by atoms with E-state index < -0.39 is 22.4 Å². The number of aliphatic hydroxyl groups is 4. The predicted octanol–water partition coefficient (Wildman–Crippen LogP) is 15.3. The zero-order valence-corrected chi connectivity index (χ0v) is 40.6. The highest BCUT2D eigenvalue weighted by Gasteiger charge is 2.31. The number of nitrogens with zero attached hydrogens (tertiary/aromatic N) is 1. The second kappa shape index (κ2) is 17.3. The van der Waals surface area contributed by atoms with Crippen LogP contribution in [-0.4, -0.2) is 20.4 Å². The second-order valence-electron chi connectivity index (χ2n) is 20.4. The van der Waals surface area contributed by atoms with Gasteiger partial charge in [-0.1, -0.05) is 127 Å². The van der Waals surface area contributed by atoms with Crippen LogP contribution in [0.5, 0.6) is 0 Å². The summed E-state index contributed by atoms with van der Waals surface area (Å²) in [7, 11) is 0. The zero-order valence-electron chi connectivity index (χ0n) is 40.6. The molecule has 0 spiro atoms. The minimum atomic E-state index is -1.20. The van der Waals surface area contributed by atoms with Gasteiger partial charge in [0.15, 0.2) is 0 Å². The Bertz CT molecular complexity index is 3090. The molecule has 9 aromatic rings. The van der Waals surface area contributed by atoms with E-state index >= 15 is 0 Å². The van der Waals surface area contributed by atoms with Crippen molar-refractivity contribution in [3.63, 3.8) is 0 Å². The van der Waals surface area contributed by atoms with Gasteiger partial charge in [0.1, 0.15) is 0 Å². The van der Waals surface area contributed by atoms with Gasteiger partial charge in [-0.15, -0.1) is 0 Å². The maximum Gasteiger partial charge on any atom is 0.0846 e. The Hall–Kier alpha value is -6.86. The van der Waals surface area contributed by atoms with Gasteiger partial charge < -0.3 is 25.3 Å². The van der Waals surface area contributed by atoms with Gasteiger partial charge in [-0.05, 0) is 211 Å². The predicted molar refractivity (Wildman–Crippen MR) is 284 cm³/mol. The second-order valence-corrected chi connectivity index (χ2v) is 20.4. The van der Waals surface area contributed by atoms with Crippen molar-refractivity contribution in [1.82, 2.24) is 0 Å². The molecular weight excluding hydrogens is 835 g/mol. The molecule has 68 heavy (non-hydrogen) atoms. The summed E-state index contributed by atoms with van der Waals surface area (Å²) < 4.78 is 0. The average molecular weight is 896 g/mol. The number of rotatable bonds is 11. The van der Waals surface area contributed by atoms with Crippen LogP contribution in [0.2, 0.25) is 0 Å². The van der Waals surface area contributed by atoms with E-state index in [1.807, 2.05) is 91.8 Å². The lowest BCUT2D eigenvalue weighted by molar-refractivity contribution is 0.0753. The van der Waals surface area contributed by atoms with Crippen molar-refractivity contribution in [1.29, 1.82) is 0 Å². The zero-order chi connectivity index (χ0) is 48.3. The van der Waals surface area contributed by atoms with Gasteiger partial charge in [-0.2, -0.15) is 0 Å². The highest BCUT2D eigenvalue weighted by Crippen LogP contribution is 2.46. The molecule has 0 radical (unpaired) electrons. The molecule has 5 nitrogen and oxygen atoms in total. The van der Waals surface area contributed by atoms with Crippen LogP contribution in [0.1, 0.15) is 83.2 Å². The number of anilines is 3. The summed E-state index contributed by atoms with van der Waals surface area (Å²) in [5.74, 6) is 0. The first-order chi connectivity index (χ1) is 32.2. The van der Waals surface area contributed by atoms with E-state index in [9.17, 15) is 20.4 Å². The van der Waals surface area contributed by atoms with Gasteiger partial charge in [0.05, 0.1) is 22.4 Å². The van der Waals surface area contributed by atoms with E-state index in [0.29, 0.717) is 0 Å². The summed E-state index contributed by atoms with van der Waals surface area (Å²) >= 11 is 0. The molecule has 0 atom stereocenters. The first-order valence-corrected chi connectivity index (χ1v) is 23.5. The smallest absolute Gasteiger partial charge is 0.0846 e. The van der Waals surface area contributed by atoms with Gasteiger partial charge in [0.25, 0.3) is 0 Å². The Balaban J connectivity index is 1.15. The molecule has 0 saturated carbocycles. The third-order valence-electron chi connectivity index (χ3n) is 13.3. The fraction of sp³-hybridized carbons (Fsp3) is 0.206. The van der Waals surface area contributed by atoms with Crippen molar-refractivity contribution in [2.45, 2.75) is 84.7 Å². The Morgan fingerprint density at radius 3 is 0.956 bits per heavy atom. The molecule has 0 fully saturated rings. The van der Waals surface area contributed by atoms with Gasteiger partial charge >= 0.3 is 0 Å². The van der Waals surface area contributed by atoms with Crippen molar-refractivity contribution in [3.05, 3.63) is 210 Å².